The van der Waals surface area contributed by atoms with Crippen LogP contribution in [-0.4, -0.2) is 38.4 Å². The Balaban J connectivity index is 1.71. The van der Waals surface area contributed by atoms with E-state index < -0.39 is 5.97 Å². The van der Waals surface area contributed by atoms with Gasteiger partial charge in [0, 0.05) is 36.1 Å². The molecule has 1 N–H and O–H groups in total. The fourth-order valence-electron chi connectivity index (χ4n) is 3.95. The van der Waals surface area contributed by atoms with Gasteiger partial charge in [-0.1, -0.05) is 23.8 Å². The molecule has 0 saturated heterocycles. The minimum Gasteiger partial charge on any atom is -0.481 e. The van der Waals surface area contributed by atoms with Crippen molar-refractivity contribution in [1.82, 2.24) is 14.9 Å². The molecule has 2 heterocycles. The highest BCUT2D eigenvalue weighted by atomic mass is 32.1. The second-order valence-electron chi connectivity index (χ2n) is 8.70. The highest BCUT2D eigenvalue weighted by molar-refractivity contribution is 7.09. The molecule has 3 aromatic rings. The van der Waals surface area contributed by atoms with Gasteiger partial charge >= 0.3 is 5.97 Å². The number of hydrogen-bond donors (Lipinski definition) is 1. The summed E-state index contributed by atoms with van der Waals surface area (Å²) in [7, 11) is 0. The largest absolute Gasteiger partial charge is 0.481 e. The monoisotopic (exact) mass is 479 g/mol. The van der Waals surface area contributed by atoms with Crippen molar-refractivity contribution in [3.05, 3.63) is 63.2 Å². The number of amides is 1. The quantitative estimate of drug-likeness (QED) is 0.450. The van der Waals surface area contributed by atoms with Crippen molar-refractivity contribution in [2.24, 2.45) is 5.92 Å². The summed E-state index contributed by atoms with van der Waals surface area (Å²) in [6.45, 7) is 7.34. The number of carboxylic acids is 1. The number of nitrogens with zero attached hydrogens (tertiary/aromatic N) is 3. The van der Waals surface area contributed by atoms with Crippen LogP contribution in [0, 0.1) is 19.8 Å². The average Bonchev–Trinajstić information content (AvgIpc) is 3.57. The molecule has 34 heavy (non-hydrogen) atoms. The van der Waals surface area contributed by atoms with E-state index >= 15 is 0 Å². The molecular formula is C26H29N3O4S. The molecule has 1 fully saturated rings. The fraction of sp³-hybridized carbons (Fsp3) is 0.385. The van der Waals surface area contributed by atoms with E-state index in [0.29, 0.717) is 24.5 Å². The Hall–Kier alpha value is -3.26. The van der Waals surface area contributed by atoms with Crippen molar-refractivity contribution in [2.45, 2.75) is 53.2 Å². The SMILES string of the molecule is CCN(Cc1cc(C)ccc1-c1cc(CC(=O)O)cnc1OCc1csc(C)n1)C(=O)C1CC1. The molecule has 2 aromatic heterocycles. The maximum atomic E-state index is 12.8. The molecule has 0 atom stereocenters. The van der Waals surface area contributed by atoms with Crippen molar-refractivity contribution >= 4 is 23.2 Å². The van der Waals surface area contributed by atoms with E-state index in [1.807, 2.05) is 49.3 Å². The zero-order valence-electron chi connectivity index (χ0n) is 19.7. The van der Waals surface area contributed by atoms with Gasteiger partial charge in [0.15, 0.2) is 0 Å². The topological polar surface area (TPSA) is 92.6 Å². The Morgan fingerprint density at radius 2 is 2.00 bits per heavy atom. The molecule has 0 unspecified atom stereocenters. The first-order chi connectivity index (χ1) is 16.3. The van der Waals surface area contributed by atoms with Crippen LogP contribution in [0.15, 0.2) is 35.8 Å². The van der Waals surface area contributed by atoms with Crippen molar-refractivity contribution in [2.75, 3.05) is 6.54 Å². The first-order valence-corrected chi connectivity index (χ1v) is 12.3. The Morgan fingerprint density at radius 1 is 1.21 bits per heavy atom. The summed E-state index contributed by atoms with van der Waals surface area (Å²) >= 11 is 1.56. The molecule has 0 spiro atoms. The third-order valence-electron chi connectivity index (χ3n) is 5.82. The molecule has 178 valence electrons. The molecule has 1 aromatic carbocycles. The number of carbonyl (C=O) groups is 2. The van der Waals surface area contributed by atoms with Crippen molar-refractivity contribution < 1.29 is 19.4 Å². The van der Waals surface area contributed by atoms with Gasteiger partial charge in [-0.2, -0.15) is 0 Å². The number of benzene rings is 1. The summed E-state index contributed by atoms with van der Waals surface area (Å²) in [5, 5.41) is 12.2. The highest BCUT2D eigenvalue weighted by Gasteiger charge is 2.33. The van der Waals surface area contributed by atoms with Gasteiger partial charge in [-0.3, -0.25) is 9.59 Å². The molecule has 1 amide bonds. The summed E-state index contributed by atoms with van der Waals surface area (Å²) in [5.74, 6) is -0.158. The first kappa shape index (κ1) is 23.9. The number of thiazole rings is 1. The smallest absolute Gasteiger partial charge is 0.307 e. The van der Waals surface area contributed by atoms with Gasteiger partial charge in [0.2, 0.25) is 11.8 Å². The number of carbonyl (C=O) groups excluding carboxylic acids is 1. The van der Waals surface area contributed by atoms with Gasteiger partial charge in [0.1, 0.15) is 6.61 Å². The molecule has 1 saturated carbocycles. The second kappa shape index (κ2) is 10.3. The molecular weight excluding hydrogens is 450 g/mol. The molecule has 0 bridgehead atoms. The number of aryl methyl sites for hydroxylation is 2. The number of aliphatic carboxylic acids is 1. The van der Waals surface area contributed by atoms with Gasteiger partial charge in [-0.05, 0) is 56.4 Å². The van der Waals surface area contributed by atoms with E-state index in [1.54, 1.807) is 17.5 Å². The minimum absolute atomic E-state index is 0.131. The van der Waals surface area contributed by atoms with Gasteiger partial charge < -0.3 is 14.7 Å². The maximum Gasteiger partial charge on any atom is 0.307 e. The number of ether oxygens (including phenoxy) is 1. The van der Waals surface area contributed by atoms with E-state index in [2.05, 4.69) is 16.0 Å². The Labute approximate surface area is 203 Å². The van der Waals surface area contributed by atoms with Crippen molar-refractivity contribution in [1.29, 1.82) is 0 Å². The number of aromatic nitrogens is 2. The van der Waals surface area contributed by atoms with Crippen molar-refractivity contribution in [3.63, 3.8) is 0 Å². The minimum atomic E-state index is -0.921. The zero-order valence-corrected chi connectivity index (χ0v) is 20.5. The van der Waals surface area contributed by atoms with E-state index in [9.17, 15) is 14.7 Å². The summed E-state index contributed by atoms with van der Waals surface area (Å²) in [6, 6.07) is 7.92. The first-order valence-electron chi connectivity index (χ1n) is 11.5. The van der Waals surface area contributed by atoms with E-state index in [1.165, 1.54) is 0 Å². The van der Waals surface area contributed by atoms with Gasteiger partial charge in [0.05, 0.1) is 17.1 Å². The Kier molecular flexibility index (Phi) is 7.26. The fourth-order valence-corrected chi connectivity index (χ4v) is 4.54. The third-order valence-corrected chi connectivity index (χ3v) is 6.64. The summed E-state index contributed by atoms with van der Waals surface area (Å²) in [4.78, 5) is 35.0. The van der Waals surface area contributed by atoms with Crippen LogP contribution in [0.2, 0.25) is 0 Å². The number of carboxylic acid groups (broad SMARTS) is 1. The molecule has 8 heteroatoms. The van der Waals surface area contributed by atoms with Crippen LogP contribution in [0.1, 0.15) is 47.2 Å². The summed E-state index contributed by atoms with van der Waals surface area (Å²) in [6.07, 6.45) is 3.34. The van der Waals surface area contributed by atoms with Gasteiger partial charge in [-0.15, -0.1) is 11.3 Å². The van der Waals surface area contributed by atoms with Crippen LogP contribution in [0.3, 0.4) is 0 Å². The zero-order chi connectivity index (χ0) is 24.2. The Morgan fingerprint density at radius 3 is 2.65 bits per heavy atom. The lowest BCUT2D eigenvalue weighted by atomic mass is 9.96. The third kappa shape index (κ3) is 5.80. The predicted octanol–water partition coefficient (Wildman–Crippen LogP) is 4.79. The molecule has 7 nitrogen and oxygen atoms in total. The maximum absolute atomic E-state index is 12.8. The molecule has 0 radical (unpaired) electrons. The van der Waals surface area contributed by atoms with Crippen LogP contribution < -0.4 is 4.74 Å². The number of pyridine rings is 1. The van der Waals surface area contributed by atoms with Crippen LogP contribution in [0.5, 0.6) is 5.88 Å². The predicted molar refractivity (Wildman–Crippen MR) is 131 cm³/mol. The summed E-state index contributed by atoms with van der Waals surface area (Å²) in [5.41, 5.74) is 5.09. The van der Waals surface area contributed by atoms with E-state index in [4.69, 9.17) is 4.74 Å². The lowest BCUT2D eigenvalue weighted by molar-refractivity contribution is -0.136. The van der Waals surface area contributed by atoms with Crippen LogP contribution in [-0.2, 0) is 29.2 Å². The lowest BCUT2D eigenvalue weighted by Gasteiger charge is -2.23. The van der Waals surface area contributed by atoms with Crippen LogP contribution >= 0.6 is 11.3 Å². The Bertz CT molecular complexity index is 1200. The molecule has 0 aliphatic heterocycles. The number of hydrogen-bond acceptors (Lipinski definition) is 6. The standard InChI is InChI=1S/C26H29N3O4S/c1-4-29(26(32)19-6-7-19)13-20-9-16(2)5-8-22(20)23-10-18(11-24(30)31)12-27-25(23)33-14-21-15-34-17(3)28-21/h5,8-10,12,15,19H,4,6-7,11,13-14H2,1-3H3,(H,30,31). The van der Waals surface area contributed by atoms with E-state index in [-0.39, 0.29) is 24.9 Å². The van der Waals surface area contributed by atoms with Crippen molar-refractivity contribution in [3.8, 4) is 17.0 Å². The number of rotatable bonds is 10. The molecule has 1 aliphatic rings. The van der Waals surface area contributed by atoms with Crippen LogP contribution in [0.25, 0.3) is 11.1 Å². The normalized spacial score (nSPS) is 13.0. The molecule has 4 rings (SSSR count). The lowest BCUT2D eigenvalue weighted by Crippen LogP contribution is -2.31. The molecule has 1 aliphatic carbocycles. The summed E-state index contributed by atoms with van der Waals surface area (Å²) < 4.78 is 6.07. The van der Waals surface area contributed by atoms with E-state index in [0.717, 1.165) is 45.8 Å². The van der Waals surface area contributed by atoms with Gasteiger partial charge in [-0.25, -0.2) is 9.97 Å². The second-order valence-corrected chi connectivity index (χ2v) is 9.76. The van der Waals surface area contributed by atoms with Crippen LogP contribution in [0.4, 0.5) is 0 Å². The van der Waals surface area contributed by atoms with Gasteiger partial charge in [0.25, 0.3) is 0 Å². The highest BCUT2D eigenvalue weighted by Crippen LogP contribution is 2.35. The average molecular weight is 480 g/mol.